The fourth-order valence-electron chi connectivity index (χ4n) is 4.95. The van der Waals surface area contributed by atoms with Crippen LogP contribution >= 0.6 is 0 Å². The van der Waals surface area contributed by atoms with Gasteiger partial charge in [0.2, 0.25) is 5.82 Å². The van der Waals surface area contributed by atoms with Gasteiger partial charge in [-0.2, -0.15) is 5.21 Å². The lowest BCUT2D eigenvalue weighted by Crippen LogP contribution is -2.10. The highest BCUT2D eigenvalue weighted by molar-refractivity contribution is 5.69. The molecule has 0 amide bonds. The van der Waals surface area contributed by atoms with Gasteiger partial charge < -0.3 is 9.47 Å². The minimum absolute atomic E-state index is 0.115. The molecule has 7 heteroatoms. The second-order valence-corrected chi connectivity index (χ2v) is 11.9. The number of aromatic amines is 1. The Kier molecular flexibility index (Phi) is 11.7. The lowest BCUT2D eigenvalue weighted by molar-refractivity contribution is -0.143. The van der Waals surface area contributed by atoms with Gasteiger partial charge in [0.15, 0.2) is 0 Å². The van der Waals surface area contributed by atoms with Crippen LogP contribution in [0.2, 0.25) is 0 Å². The molecule has 4 rings (SSSR count). The van der Waals surface area contributed by atoms with Crippen LogP contribution in [0, 0.1) is 5.92 Å². The van der Waals surface area contributed by atoms with Crippen molar-refractivity contribution in [3.63, 3.8) is 0 Å². The molecule has 1 aromatic heterocycles. The number of tetrazole rings is 1. The zero-order valence-electron chi connectivity index (χ0n) is 25.9. The number of unbranched alkanes of at least 4 members (excludes halogenated alkanes) is 1. The molecule has 0 fully saturated rings. The molecule has 0 saturated heterocycles. The summed E-state index contributed by atoms with van der Waals surface area (Å²) in [6.45, 7) is 9.47. The van der Waals surface area contributed by atoms with Crippen LogP contribution in [0.4, 0.5) is 0 Å². The van der Waals surface area contributed by atoms with E-state index in [2.05, 4.69) is 96.0 Å². The lowest BCUT2D eigenvalue weighted by atomic mass is 9.87. The van der Waals surface area contributed by atoms with Crippen LogP contribution in [0.5, 0.6) is 5.75 Å². The number of nitrogens with zero attached hydrogens (tertiary/aromatic N) is 3. The molecule has 1 N–H and O–H groups in total. The Hall–Kier alpha value is -4.26. The van der Waals surface area contributed by atoms with E-state index in [1.165, 1.54) is 11.1 Å². The quantitative estimate of drug-likeness (QED) is 0.113. The Morgan fingerprint density at radius 3 is 2.37 bits per heavy atom. The van der Waals surface area contributed by atoms with Crippen LogP contribution in [0.25, 0.3) is 17.5 Å². The molecule has 4 aromatic rings. The summed E-state index contributed by atoms with van der Waals surface area (Å²) in [5.74, 6) is 1.71. The number of carbonyl (C=O) groups is 1. The van der Waals surface area contributed by atoms with Crippen molar-refractivity contribution >= 4 is 12.0 Å². The summed E-state index contributed by atoms with van der Waals surface area (Å²) in [4.78, 5) is 11.8. The van der Waals surface area contributed by atoms with Gasteiger partial charge in [-0.25, -0.2) is 0 Å². The van der Waals surface area contributed by atoms with Gasteiger partial charge in [0.25, 0.3) is 0 Å². The molecule has 7 nitrogen and oxygen atoms in total. The molecule has 0 radical (unpaired) electrons. The summed E-state index contributed by atoms with van der Waals surface area (Å²) in [6.07, 6.45) is 9.70. The van der Waals surface area contributed by atoms with Crippen molar-refractivity contribution in [3.8, 4) is 17.1 Å². The number of para-hydroxylation sites is 1. The zero-order chi connectivity index (χ0) is 30.5. The first kappa shape index (κ1) is 31.7. The van der Waals surface area contributed by atoms with Crippen molar-refractivity contribution in [2.24, 2.45) is 5.92 Å². The number of esters is 1. The van der Waals surface area contributed by atoms with Crippen LogP contribution in [-0.4, -0.2) is 33.2 Å². The summed E-state index contributed by atoms with van der Waals surface area (Å²) >= 11 is 0. The van der Waals surface area contributed by atoms with Crippen molar-refractivity contribution in [1.29, 1.82) is 0 Å². The molecule has 43 heavy (non-hydrogen) atoms. The van der Waals surface area contributed by atoms with E-state index in [-0.39, 0.29) is 11.4 Å². The van der Waals surface area contributed by atoms with E-state index in [0.717, 1.165) is 54.5 Å². The van der Waals surface area contributed by atoms with Crippen molar-refractivity contribution in [1.82, 2.24) is 20.6 Å². The summed E-state index contributed by atoms with van der Waals surface area (Å²) in [5, 5.41) is 14.3. The second kappa shape index (κ2) is 15.8. The van der Waals surface area contributed by atoms with Crippen molar-refractivity contribution < 1.29 is 14.3 Å². The molecule has 0 spiro atoms. The zero-order valence-corrected chi connectivity index (χ0v) is 25.9. The predicted octanol–water partition coefficient (Wildman–Crippen LogP) is 8.13. The normalized spacial score (nSPS) is 12.4. The molecular formula is C36H44N4O3. The number of nitrogens with one attached hydrogen (secondary N) is 1. The number of rotatable bonds is 15. The highest BCUT2D eigenvalue weighted by Crippen LogP contribution is 2.26. The van der Waals surface area contributed by atoms with Crippen molar-refractivity contribution in [2.75, 3.05) is 6.61 Å². The number of benzene rings is 3. The summed E-state index contributed by atoms with van der Waals surface area (Å²) in [5.41, 5.74) is 5.86. The first-order chi connectivity index (χ1) is 20.8. The number of hydrogen-bond acceptors (Lipinski definition) is 6. The van der Waals surface area contributed by atoms with Gasteiger partial charge in [0.05, 0.1) is 6.61 Å². The fraction of sp³-hybridized carbons (Fsp3) is 0.389. The monoisotopic (exact) mass is 580 g/mol. The van der Waals surface area contributed by atoms with Gasteiger partial charge in [-0.1, -0.05) is 106 Å². The predicted molar refractivity (Wildman–Crippen MR) is 171 cm³/mol. The van der Waals surface area contributed by atoms with Gasteiger partial charge in [-0.05, 0) is 71.9 Å². The number of allylic oxidation sites excluding steroid dienone is 1. The van der Waals surface area contributed by atoms with Gasteiger partial charge in [-0.15, -0.1) is 10.2 Å². The first-order valence-electron chi connectivity index (χ1n) is 15.3. The van der Waals surface area contributed by atoms with E-state index in [4.69, 9.17) is 9.47 Å². The average molecular weight is 581 g/mol. The van der Waals surface area contributed by atoms with E-state index in [1.807, 2.05) is 37.3 Å². The Morgan fingerprint density at radius 2 is 1.67 bits per heavy atom. The molecule has 3 aromatic carbocycles. The third kappa shape index (κ3) is 10.2. The number of aryl methyl sites for hydroxylation is 1. The summed E-state index contributed by atoms with van der Waals surface area (Å²) < 4.78 is 11.4. The lowest BCUT2D eigenvalue weighted by Gasteiger charge is -2.19. The fourth-order valence-corrected chi connectivity index (χ4v) is 4.95. The Labute approximate surface area is 255 Å². The highest BCUT2D eigenvalue weighted by Gasteiger charge is 2.13. The van der Waals surface area contributed by atoms with E-state index in [9.17, 15) is 4.79 Å². The highest BCUT2D eigenvalue weighted by atomic mass is 16.5. The van der Waals surface area contributed by atoms with Gasteiger partial charge in [-0.3, -0.25) is 4.79 Å². The first-order valence-corrected chi connectivity index (χ1v) is 15.3. The maximum Gasteiger partial charge on any atom is 0.305 e. The van der Waals surface area contributed by atoms with Crippen LogP contribution in [-0.2, 0) is 28.0 Å². The van der Waals surface area contributed by atoms with Gasteiger partial charge in [0.1, 0.15) is 12.4 Å². The molecule has 0 saturated carbocycles. The third-order valence-corrected chi connectivity index (χ3v) is 7.55. The Balaban J connectivity index is 1.39. The van der Waals surface area contributed by atoms with E-state index < -0.39 is 0 Å². The maximum atomic E-state index is 11.8. The SMILES string of the molecule is CCOC(=O)CCCCC(C=Cc1ccccc1OCc1ccc(C(C)(C)C)cc1)CCc1ccc(-c2nn[nH]n2)cc1. The van der Waals surface area contributed by atoms with Crippen molar-refractivity contribution in [3.05, 3.63) is 101 Å². The average Bonchev–Trinajstić information content (AvgIpc) is 3.55. The van der Waals surface area contributed by atoms with Crippen LogP contribution in [0.3, 0.4) is 0 Å². The number of carbonyl (C=O) groups excluding carboxylic acids is 1. The van der Waals surface area contributed by atoms with Crippen LogP contribution in [0.15, 0.2) is 78.9 Å². The standard InChI is InChI=1S/C36H44N4O3/c1-5-42-34(41)13-9-6-10-27(14-15-28-17-22-31(23-18-28)35-37-39-40-38-35)16-21-30-11-7-8-12-33(30)43-26-29-19-24-32(25-20-29)36(2,3)4/h7-8,11-12,16-25,27H,5-6,9-10,13-15,26H2,1-4H3,(H,37,38,39,40). The molecule has 0 bridgehead atoms. The molecule has 0 aliphatic rings. The van der Waals surface area contributed by atoms with Gasteiger partial charge in [0, 0.05) is 17.5 Å². The number of aromatic nitrogens is 4. The molecule has 1 atom stereocenters. The Bertz CT molecular complexity index is 1420. The third-order valence-electron chi connectivity index (χ3n) is 7.55. The van der Waals surface area contributed by atoms with Crippen LogP contribution in [0.1, 0.15) is 82.1 Å². The summed E-state index contributed by atoms with van der Waals surface area (Å²) in [6, 6.07) is 25.2. The van der Waals surface area contributed by atoms with Gasteiger partial charge >= 0.3 is 5.97 Å². The minimum Gasteiger partial charge on any atom is -0.488 e. The second-order valence-electron chi connectivity index (χ2n) is 11.9. The Morgan fingerprint density at radius 1 is 0.930 bits per heavy atom. The molecule has 1 heterocycles. The molecule has 0 aliphatic carbocycles. The van der Waals surface area contributed by atoms with E-state index in [1.54, 1.807) is 0 Å². The van der Waals surface area contributed by atoms with E-state index >= 15 is 0 Å². The largest absolute Gasteiger partial charge is 0.488 e. The molecule has 226 valence electrons. The molecule has 0 aliphatic heterocycles. The number of hydrogen-bond donors (Lipinski definition) is 1. The smallest absolute Gasteiger partial charge is 0.305 e. The van der Waals surface area contributed by atoms with Crippen molar-refractivity contribution in [2.45, 2.75) is 78.2 Å². The number of ether oxygens (including phenoxy) is 2. The minimum atomic E-state index is -0.115. The maximum absolute atomic E-state index is 11.8. The topological polar surface area (TPSA) is 90.0 Å². The summed E-state index contributed by atoms with van der Waals surface area (Å²) in [7, 11) is 0. The number of H-pyrrole nitrogens is 1. The molecule has 1 unspecified atom stereocenters. The van der Waals surface area contributed by atoms with Crippen LogP contribution < -0.4 is 4.74 Å². The molecular weight excluding hydrogens is 536 g/mol. The van der Waals surface area contributed by atoms with E-state index in [0.29, 0.717) is 31.4 Å².